The maximum absolute atomic E-state index is 6.21. The molecule has 2 heterocycles. The Hall–Kier alpha value is 0.0700. The fraction of sp³-hybridized carbons (Fsp3) is 0.545. The van der Waals surface area contributed by atoms with Crippen molar-refractivity contribution in [3.05, 3.63) is 21.8 Å². The van der Waals surface area contributed by atoms with Crippen LogP contribution < -0.4 is 4.90 Å². The van der Waals surface area contributed by atoms with Crippen LogP contribution in [0.2, 0.25) is 5.02 Å². The number of pyridine rings is 1. The van der Waals surface area contributed by atoms with Crippen LogP contribution in [0.5, 0.6) is 0 Å². The van der Waals surface area contributed by atoms with E-state index >= 15 is 0 Å². The predicted molar refractivity (Wildman–Crippen MR) is 75.7 cm³/mol. The number of halogens is 2. The molecule has 0 spiro atoms. The summed E-state index contributed by atoms with van der Waals surface area (Å²) in [5, 5.41) is 1.44. The minimum atomic E-state index is 0.704. The van der Waals surface area contributed by atoms with Crippen LogP contribution in [0.4, 0.5) is 5.82 Å². The standard InChI is InChI=1S/C11H14BrClN2S/c1-2-9-7-15(3-4-16-9)11-10(13)5-8(12)6-14-11/h5-6,9H,2-4,7H2,1H3. The molecule has 88 valence electrons. The van der Waals surface area contributed by atoms with E-state index in [2.05, 4.69) is 32.7 Å². The Bertz CT molecular complexity index is 375. The average molecular weight is 322 g/mol. The van der Waals surface area contributed by atoms with E-state index in [4.69, 9.17) is 11.6 Å². The summed E-state index contributed by atoms with van der Waals surface area (Å²) in [5.41, 5.74) is 0. The van der Waals surface area contributed by atoms with Crippen molar-refractivity contribution in [3.8, 4) is 0 Å². The van der Waals surface area contributed by atoms with Crippen LogP contribution in [0.1, 0.15) is 13.3 Å². The van der Waals surface area contributed by atoms with E-state index in [9.17, 15) is 0 Å². The number of anilines is 1. The van der Waals surface area contributed by atoms with Gasteiger partial charge in [0.2, 0.25) is 0 Å². The van der Waals surface area contributed by atoms with Crippen molar-refractivity contribution in [3.63, 3.8) is 0 Å². The van der Waals surface area contributed by atoms with Gasteiger partial charge in [0, 0.05) is 34.8 Å². The van der Waals surface area contributed by atoms with Crippen molar-refractivity contribution in [2.24, 2.45) is 0 Å². The number of hydrogen-bond donors (Lipinski definition) is 0. The van der Waals surface area contributed by atoms with Crippen molar-refractivity contribution >= 4 is 45.1 Å². The van der Waals surface area contributed by atoms with Gasteiger partial charge in [0.15, 0.2) is 0 Å². The molecule has 1 aromatic heterocycles. The van der Waals surface area contributed by atoms with Gasteiger partial charge in [-0.3, -0.25) is 0 Å². The Morgan fingerprint density at radius 3 is 3.19 bits per heavy atom. The highest BCUT2D eigenvalue weighted by atomic mass is 79.9. The third kappa shape index (κ3) is 2.84. The lowest BCUT2D eigenvalue weighted by Crippen LogP contribution is -2.38. The van der Waals surface area contributed by atoms with Gasteiger partial charge >= 0.3 is 0 Å². The van der Waals surface area contributed by atoms with E-state index in [1.54, 1.807) is 0 Å². The smallest absolute Gasteiger partial charge is 0.147 e. The van der Waals surface area contributed by atoms with Crippen LogP contribution in [-0.2, 0) is 0 Å². The number of hydrogen-bond acceptors (Lipinski definition) is 3. The molecule has 1 atom stereocenters. The Morgan fingerprint density at radius 1 is 1.69 bits per heavy atom. The van der Waals surface area contributed by atoms with Crippen molar-refractivity contribution in [2.45, 2.75) is 18.6 Å². The molecule has 2 rings (SSSR count). The molecule has 0 N–H and O–H groups in total. The molecule has 2 nitrogen and oxygen atoms in total. The number of thioether (sulfide) groups is 1. The Kier molecular flexibility index (Phi) is 4.39. The fourth-order valence-corrected chi connectivity index (χ4v) is 3.73. The second-order valence-electron chi connectivity index (χ2n) is 3.81. The molecule has 1 aliphatic rings. The topological polar surface area (TPSA) is 16.1 Å². The van der Waals surface area contributed by atoms with Crippen LogP contribution in [0.15, 0.2) is 16.7 Å². The largest absolute Gasteiger partial charge is 0.353 e. The highest BCUT2D eigenvalue weighted by Crippen LogP contribution is 2.30. The quantitative estimate of drug-likeness (QED) is 0.823. The van der Waals surface area contributed by atoms with Crippen LogP contribution >= 0.6 is 39.3 Å². The molecule has 0 saturated carbocycles. The van der Waals surface area contributed by atoms with Crippen molar-refractivity contribution in [1.29, 1.82) is 0 Å². The second-order valence-corrected chi connectivity index (χ2v) is 6.54. The van der Waals surface area contributed by atoms with Gasteiger partial charge < -0.3 is 4.90 Å². The maximum atomic E-state index is 6.21. The summed E-state index contributed by atoms with van der Waals surface area (Å²) in [4.78, 5) is 6.70. The molecule has 1 aromatic rings. The Morgan fingerprint density at radius 2 is 2.50 bits per heavy atom. The van der Waals surface area contributed by atoms with Crippen LogP contribution in [0.25, 0.3) is 0 Å². The third-order valence-electron chi connectivity index (χ3n) is 2.68. The average Bonchev–Trinajstić information content (AvgIpc) is 2.29. The number of rotatable bonds is 2. The summed E-state index contributed by atoms with van der Waals surface area (Å²) in [6.07, 6.45) is 3.01. The van der Waals surface area contributed by atoms with Crippen LogP contribution in [0.3, 0.4) is 0 Å². The van der Waals surface area contributed by atoms with E-state index in [0.717, 1.165) is 34.2 Å². The summed E-state index contributed by atoms with van der Waals surface area (Å²) >= 11 is 11.6. The first-order valence-electron chi connectivity index (χ1n) is 5.38. The first-order chi connectivity index (χ1) is 7.70. The number of aromatic nitrogens is 1. The highest BCUT2D eigenvalue weighted by Gasteiger charge is 2.21. The zero-order valence-corrected chi connectivity index (χ0v) is 12.3. The lowest BCUT2D eigenvalue weighted by atomic mass is 10.3. The van der Waals surface area contributed by atoms with Gasteiger partial charge in [-0.05, 0) is 28.4 Å². The molecule has 0 bridgehead atoms. The predicted octanol–water partition coefficient (Wildman–Crippen LogP) is 3.83. The van der Waals surface area contributed by atoms with Gasteiger partial charge in [0.25, 0.3) is 0 Å². The van der Waals surface area contributed by atoms with E-state index in [1.807, 2.05) is 24.0 Å². The molecule has 1 unspecified atom stereocenters. The molecule has 0 radical (unpaired) electrons. The first kappa shape index (κ1) is 12.5. The van der Waals surface area contributed by atoms with Gasteiger partial charge in [-0.25, -0.2) is 4.98 Å². The highest BCUT2D eigenvalue weighted by molar-refractivity contribution is 9.10. The molecule has 0 aliphatic carbocycles. The summed E-state index contributed by atoms with van der Waals surface area (Å²) in [7, 11) is 0. The first-order valence-corrected chi connectivity index (χ1v) is 7.60. The molecule has 0 aromatic carbocycles. The minimum absolute atomic E-state index is 0.704. The normalized spacial score (nSPS) is 21.2. The summed E-state index contributed by atoms with van der Waals surface area (Å²) in [5.74, 6) is 2.08. The molecule has 0 amide bonds. The SMILES string of the molecule is CCC1CN(c2ncc(Br)cc2Cl)CCS1. The fourth-order valence-electron chi connectivity index (χ4n) is 1.80. The number of nitrogens with zero attached hydrogens (tertiary/aromatic N) is 2. The summed E-state index contributed by atoms with van der Waals surface area (Å²) in [6.45, 7) is 4.32. The van der Waals surface area contributed by atoms with Crippen molar-refractivity contribution in [2.75, 3.05) is 23.7 Å². The van der Waals surface area contributed by atoms with Gasteiger partial charge in [-0.15, -0.1) is 0 Å². The van der Waals surface area contributed by atoms with Crippen LogP contribution in [0, 0.1) is 0 Å². The zero-order chi connectivity index (χ0) is 11.5. The lowest BCUT2D eigenvalue weighted by Gasteiger charge is -2.33. The minimum Gasteiger partial charge on any atom is -0.353 e. The Balaban J connectivity index is 2.16. The Labute approximate surface area is 114 Å². The van der Waals surface area contributed by atoms with Gasteiger partial charge in [0.1, 0.15) is 5.82 Å². The molecule has 16 heavy (non-hydrogen) atoms. The second kappa shape index (κ2) is 5.61. The molecule has 1 aliphatic heterocycles. The van der Waals surface area contributed by atoms with Crippen LogP contribution in [-0.4, -0.2) is 29.1 Å². The summed E-state index contributed by atoms with van der Waals surface area (Å²) in [6, 6.07) is 1.91. The van der Waals surface area contributed by atoms with E-state index in [0.29, 0.717) is 5.25 Å². The van der Waals surface area contributed by atoms with Crippen molar-refractivity contribution < 1.29 is 0 Å². The molecule has 1 saturated heterocycles. The van der Waals surface area contributed by atoms with Gasteiger partial charge in [0.05, 0.1) is 5.02 Å². The lowest BCUT2D eigenvalue weighted by molar-refractivity contribution is 0.720. The molecular formula is C11H14BrClN2S. The molecule has 1 fully saturated rings. The van der Waals surface area contributed by atoms with E-state index in [1.165, 1.54) is 6.42 Å². The third-order valence-corrected chi connectivity index (χ3v) is 4.77. The van der Waals surface area contributed by atoms with E-state index < -0.39 is 0 Å². The summed E-state index contributed by atoms with van der Waals surface area (Å²) < 4.78 is 0.930. The van der Waals surface area contributed by atoms with Gasteiger partial charge in [-0.1, -0.05) is 18.5 Å². The molecular weight excluding hydrogens is 308 g/mol. The maximum Gasteiger partial charge on any atom is 0.147 e. The van der Waals surface area contributed by atoms with Crippen molar-refractivity contribution in [1.82, 2.24) is 4.98 Å². The van der Waals surface area contributed by atoms with E-state index in [-0.39, 0.29) is 0 Å². The molecule has 5 heteroatoms. The van der Waals surface area contributed by atoms with Gasteiger partial charge in [-0.2, -0.15) is 11.8 Å². The zero-order valence-electron chi connectivity index (χ0n) is 9.12. The monoisotopic (exact) mass is 320 g/mol.